The van der Waals surface area contributed by atoms with Crippen LogP contribution in [0, 0.1) is 0 Å². The summed E-state index contributed by atoms with van der Waals surface area (Å²) in [7, 11) is 0. The summed E-state index contributed by atoms with van der Waals surface area (Å²) in [6.45, 7) is 1.56. The minimum atomic E-state index is -0.564. The monoisotopic (exact) mass is 304 g/mol. The van der Waals surface area contributed by atoms with Crippen LogP contribution in [0.3, 0.4) is 0 Å². The first-order valence-corrected chi connectivity index (χ1v) is 6.74. The van der Waals surface area contributed by atoms with Crippen LogP contribution in [0.15, 0.2) is 11.0 Å². The Bertz CT molecular complexity index is 526. The SMILES string of the molecule is O=C(Cn1ncc(Cl)c(Cl)c1=O)NC1CCCNC1. The first-order valence-electron chi connectivity index (χ1n) is 5.99. The molecule has 2 heterocycles. The zero-order chi connectivity index (χ0) is 13.8. The molecule has 104 valence electrons. The van der Waals surface area contributed by atoms with E-state index in [9.17, 15) is 9.59 Å². The Hall–Kier alpha value is -1.11. The van der Waals surface area contributed by atoms with Gasteiger partial charge in [-0.2, -0.15) is 5.10 Å². The van der Waals surface area contributed by atoms with E-state index in [0.717, 1.165) is 30.6 Å². The van der Waals surface area contributed by atoms with Crippen molar-refractivity contribution in [1.29, 1.82) is 0 Å². The molecule has 2 N–H and O–H groups in total. The van der Waals surface area contributed by atoms with Gasteiger partial charge in [-0.05, 0) is 19.4 Å². The molecule has 1 atom stereocenters. The van der Waals surface area contributed by atoms with Crippen molar-refractivity contribution in [2.75, 3.05) is 13.1 Å². The second-order valence-corrected chi connectivity index (χ2v) is 5.17. The van der Waals surface area contributed by atoms with Crippen LogP contribution >= 0.6 is 23.2 Å². The van der Waals surface area contributed by atoms with Crippen LogP contribution in [0.5, 0.6) is 0 Å². The van der Waals surface area contributed by atoms with Gasteiger partial charge < -0.3 is 10.6 Å². The molecule has 19 heavy (non-hydrogen) atoms. The Labute approximate surface area is 120 Å². The van der Waals surface area contributed by atoms with E-state index in [1.807, 2.05) is 0 Å². The third-order valence-corrected chi connectivity index (χ3v) is 3.65. The molecule has 8 heteroatoms. The predicted octanol–water partition coefficient (Wildman–Crippen LogP) is 0.418. The van der Waals surface area contributed by atoms with Gasteiger partial charge in [0.25, 0.3) is 5.56 Å². The standard InChI is InChI=1S/C11H14Cl2N4O2/c12-8-5-15-17(11(19)10(8)13)6-9(18)16-7-2-1-3-14-4-7/h5,7,14H,1-4,6H2,(H,16,18). The average Bonchev–Trinajstić information content (AvgIpc) is 2.41. The van der Waals surface area contributed by atoms with Crippen molar-refractivity contribution in [2.24, 2.45) is 0 Å². The van der Waals surface area contributed by atoms with E-state index in [1.165, 1.54) is 6.20 Å². The lowest BCUT2D eigenvalue weighted by Crippen LogP contribution is -2.47. The lowest BCUT2D eigenvalue weighted by atomic mass is 10.1. The molecule has 1 aromatic heterocycles. The van der Waals surface area contributed by atoms with E-state index < -0.39 is 5.56 Å². The normalized spacial score (nSPS) is 19.2. The van der Waals surface area contributed by atoms with Gasteiger partial charge in [-0.3, -0.25) is 9.59 Å². The number of nitrogens with zero attached hydrogens (tertiary/aromatic N) is 2. The molecule has 2 rings (SSSR count). The molecule has 1 saturated heterocycles. The predicted molar refractivity (Wildman–Crippen MR) is 72.6 cm³/mol. The smallest absolute Gasteiger partial charge is 0.287 e. The molecule has 1 aromatic rings. The zero-order valence-electron chi connectivity index (χ0n) is 10.2. The minimum Gasteiger partial charge on any atom is -0.350 e. The highest BCUT2D eigenvalue weighted by molar-refractivity contribution is 6.41. The van der Waals surface area contributed by atoms with Crippen molar-refractivity contribution in [3.63, 3.8) is 0 Å². The number of aromatic nitrogens is 2. The number of carbonyl (C=O) groups excluding carboxylic acids is 1. The van der Waals surface area contributed by atoms with Crippen LogP contribution in [0.1, 0.15) is 12.8 Å². The first-order chi connectivity index (χ1) is 9.08. The third kappa shape index (κ3) is 3.68. The molecule has 0 bridgehead atoms. The molecule has 1 aliphatic heterocycles. The topological polar surface area (TPSA) is 76.0 Å². The van der Waals surface area contributed by atoms with Crippen molar-refractivity contribution in [3.05, 3.63) is 26.6 Å². The molecule has 1 amide bonds. The maximum atomic E-state index is 11.8. The fourth-order valence-corrected chi connectivity index (χ4v) is 2.21. The maximum absolute atomic E-state index is 11.8. The number of carbonyl (C=O) groups is 1. The first kappa shape index (κ1) is 14.3. The van der Waals surface area contributed by atoms with Gasteiger partial charge in [0.2, 0.25) is 5.91 Å². The molecule has 0 radical (unpaired) electrons. The van der Waals surface area contributed by atoms with Gasteiger partial charge in [0.05, 0.1) is 11.2 Å². The number of halogens is 2. The summed E-state index contributed by atoms with van der Waals surface area (Å²) < 4.78 is 1.000. The lowest BCUT2D eigenvalue weighted by molar-refractivity contribution is -0.122. The van der Waals surface area contributed by atoms with Crippen molar-refractivity contribution in [2.45, 2.75) is 25.4 Å². The minimum absolute atomic E-state index is 0.0832. The van der Waals surface area contributed by atoms with Crippen molar-refractivity contribution < 1.29 is 4.79 Å². The molecule has 0 aliphatic carbocycles. The highest BCUT2D eigenvalue weighted by Crippen LogP contribution is 2.14. The van der Waals surface area contributed by atoms with Crippen LogP contribution in [-0.4, -0.2) is 34.8 Å². The van der Waals surface area contributed by atoms with Gasteiger partial charge in [0, 0.05) is 12.6 Å². The van der Waals surface area contributed by atoms with Crippen LogP contribution < -0.4 is 16.2 Å². The molecule has 1 fully saturated rings. The third-order valence-electron chi connectivity index (χ3n) is 2.90. The van der Waals surface area contributed by atoms with Gasteiger partial charge in [-0.25, -0.2) is 4.68 Å². The number of rotatable bonds is 3. The Kier molecular flexibility index (Phi) is 4.79. The second kappa shape index (κ2) is 6.36. The van der Waals surface area contributed by atoms with Crippen LogP contribution in [-0.2, 0) is 11.3 Å². The molecular weight excluding hydrogens is 291 g/mol. The second-order valence-electron chi connectivity index (χ2n) is 4.38. The van der Waals surface area contributed by atoms with Gasteiger partial charge in [-0.15, -0.1) is 0 Å². The summed E-state index contributed by atoms with van der Waals surface area (Å²) in [5, 5.41) is 9.79. The summed E-state index contributed by atoms with van der Waals surface area (Å²) in [6.07, 6.45) is 3.21. The van der Waals surface area contributed by atoms with Crippen molar-refractivity contribution in [1.82, 2.24) is 20.4 Å². The largest absolute Gasteiger partial charge is 0.350 e. The van der Waals surface area contributed by atoms with Gasteiger partial charge in [0.1, 0.15) is 11.6 Å². The van der Waals surface area contributed by atoms with Crippen LogP contribution in [0.2, 0.25) is 10.0 Å². The highest BCUT2D eigenvalue weighted by atomic mass is 35.5. The summed E-state index contributed by atoms with van der Waals surface area (Å²) in [5.74, 6) is -0.262. The van der Waals surface area contributed by atoms with Gasteiger partial charge in [0.15, 0.2) is 0 Å². The van der Waals surface area contributed by atoms with E-state index in [2.05, 4.69) is 15.7 Å². The number of amides is 1. The molecular formula is C11H14Cl2N4O2. The lowest BCUT2D eigenvalue weighted by Gasteiger charge is -2.23. The zero-order valence-corrected chi connectivity index (χ0v) is 11.7. The molecule has 1 aliphatic rings. The molecule has 0 aromatic carbocycles. The summed E-state index contributed by atoms with van der Waals surface area (Å²) in [5.41, 5.74) is -0.564. The number of piperidine rings is 1. The number of nitrogens with one attached hydrogen (secondary N) is 2. The summed E-state index contributed by atoms with van der Waals surface area (Å²) in [6, 6.07) is 0.0970. The Morgan fingerprint density at radius 2 is 2.37 bits per heavy atom. The maximum Gasteiger partial charge on any atom is 0.287 e. The molecule has 1 unspecified atom stereocenters. The number of hydrogen-bond acceptors (Lipinski definition) is 4. The molecule has 0 saturated carbocycles. The van der Waals surface area contributed by atoms with E-state index >= 15 is 0 Å². The number of hydrogen-bond donors (Lipinski definition) is 2. The Morgan fingerprint density at radius 1 is 1.58 bits per heavy atom. The fraction of sp³-hybridized carbons (Fsp3) is 0.545. The van der Waals surface area contributed by atoms with Crippen LogP contribution in [0.4, 0.5) is 0 Å². The fourth-order valence-electron chi connectivity index (χ4n) is 1.94. The van der Waals surface area contributed by atoms with E-state index in [4.69, 9.17) is 23.2 Å². The van der Waals surface area contributed by atoms with Gasteiger partial charge in [-0.1, -0.05) is 23.2 Å². The molecule has 0 spiro atoms. The Balaban J connectivity index is 1.99. The highest BCUT2D eigenvalue weighted by Gasteiger charge is 2.16. The van der Waals surface area contributed by atoms with E-state index in [1.54, 1.807) is 0 Å². The van der Waals surface area contributed by atoms with Crippen molar-refractivity contribution >= 4 is 29.1 Å². The average molecular weight is 305 g/mol. The van der Waals surface area contributed by atoms with Gasteiger partial charge >= 0.3 is 0 Å². The quantitative estimate of drug-likeness (QED) is 0.848. The van der Waals surface area contributed by atoms with E-state index in [-0.39, 0.29) is 28.5 Å². The Morgan fingerprint density at radius 3 is 3.05 bits per heavy atom. The van der Waals surface area contributed by atoms with Crippen LogP contribution in [0.25, 0.3) is 0 Å². The van der Waals surface area contributed by atoms with Crippen molar-refractivity contribution in [3.8, 4) is 0 Å². The summed E-state index contributed by atoms with van der Waals surface area (Å²) in [4.78, 5) is 23.5. The molecule has 6 nitrogen and oxygen atoms in total. The summed E-state index contributed by atoms with van der Waals surface area (Å²) >= 11 is 11.4. The van der Waals surface area contributed by atoms with E-state index in [0.29, 0.717) is 0 Å².